The third-order valence-corrected chi connectivity index (χ3v) is 6.51. The second-order valence-corrected chi connectivity index (χ2v) is 8.75. The normalized spacial score (nSPS) is 15.0. The van der Waals surface area contributed by atoms with Crippen LogP contribution in [0.2, 0.25) is 0 Å². The van der Waals surface area contributed by atoms with Crippen molar-refractivity contribution in [1.82, 2.24) is 9.97 Å². The van der Waals surface area contributed by atoms with E-state index in [4.69, 9.17) is 4.74 Å². The zero-order chi connectivity index (χ0) is 21.0. The maximum absolute atomic E-state index is 12.8. The van der Waals surface area contributed by atoms with E-state index in [1.165, 1.54) is 4.31 Å². The van der Waals surface area contributed by atoms with Gasteiger partial charge in [0.25, 0.3) is 5.91 Å². The number of sulfonamides is 1. The zero-order valence-electron chi connectivity index (χ0n) is 16.1. The average Bonchev–Trinajstić information content (AvgIpc) is 3.13. The summed E-state index contributed by atoms with van der Waals surface area (Å²) in [6.07, 6.45) is 5.49. The Balaban J connectivity index is 1.50. The van der Waals surface area contributed by atoms with Crippen molar-refractivity contribution in [3.8, 4) is 5.75 Å². The van der Waals surface area contributed by atoms with Crippen LogP contribution < -0.4 is 14.4 Å². The van der Waals surface area contributed by atoms with Crippen LogP contribution in [0.5, 0.6) is 5.75 Å². The summed E-state index contributed by atoms with van der Waals surface area (Å²) in [6.45, 7) is 0.722. The predicted molar refractivity (Wildman–Crippen MR) is 113 cm³/mol. The summed E-state index contributed by atoms with van der Waals surface area (Å²) < 4.78 is 31.5. The summed E-state index contributed by atoms with van der Waals surface area (Å²) in [5, 5.41) is 2.75. The number of carbonyl (C=O) groups excluding carboxylic acids is 1. The van der Waals surface area contributed by atoms with Crippen molar-refractivity contribution in [2.24, 2.45) is 0 Å². The molecule has 2 aromatic heterocycles. The van der Waals surface area contributed by atoms with E-state index in [9.17, 15) is 13.2 Å². The highest BCUT2D eigenvalue weighted by Crippen LogP contribution is 2.26. The molecule has 0 unspecified atom stereocenters. The molecular weight excluding hydrogens is 404 g/mol. The quantitative estimate of drug-likeness (QED) is 0.653. The van der Waals surface area contributed by atoms with Gasteiger partial charge in [0.15, 0.2) is 11.6 Å². The fourth-order valence-corrected chi connectivity index (χ4v) is 4.71. The third kappa shape index (κ3) is 4.41. The Morgan fingerprint density at radius 1 is 1.10 bits per heavy atom. The fraction of sp³-hybridized carbons (Fsp3) is 0.190. The number of benzene rings is 1. The Kier molecular flexibility index (Phi) is 5.62. The van der Waals surface area contributed by atoms with E-state index in [0.29, 0.717) is 36.6 Å². The monoisotopic (exact) mass is 424 g/mol. The highest BCUT2D eigenvalue weighted by Gasteiger charge is 2.28. The molecule has 0 bridgehead atoms. The average molecular weight is 424 g/mol. The van der Waals surface area contributed by atoms with Gasteiger partial charge < -0.3 is 10.1 Å². The van der Waals surface area contributed by atoms with Gasteiger partial charge in [-0.3, -0.25) is 14.1 Å². The highest BCUT2D eigenvalue weighted by atomic mass is 32.2. The number of nitrogens with zero attached hydrogens (tertiary/aromatic N) is 3. The van der Waals surface area contributed by atoms with Crippen LogP contribution in [0.4, 0.5) is 11.5 Å². The van der Waals surface area contributed by atoms with Crippen molar-refractivity contribution in [3.63, 3.8) is 0 Å². The zero-order valence-corrected chi connectivity index (χ0v) is 16.9. The summed E-state index contributed by atoms with van der Waals surface area (Å²) in [4.78, 5) is 21.0. The Labute approximate surface area is 174 Å². The number of hydrogen-bond acceptors (Lipinski definition) is 6. The van der Waals surface area contributed by atoms with Crippen molar-refractivity contribution >= 4 is 27.4 Å². The maximum Gasteiger partial charge on any atom is 0.256 e. The van der Waals surface area contributed by atoms with E-state index in [1.54, 1.807) is 55.0 Å². The van der Waals surface area contributed by atoms with Crippen LogP contribution >= 0.6 is 0 Å². The van der Waals surface area contributed by atoms with E-state index in [2.05, 4.69) is 15.3 Å². The number of amides is 1. The number of nitrogens with one attached hydrogen (secondary N) is 1. The van der Waals surface area contributed by atoms with Crippen molar-refractivity contribution < 1.29 is 17.9 Å². The topological polar surface area (TPSA) is 101 Å². The largest absolute Gasteiger partial charge is 0.485 e. The van der Waals surface area contributed by atoms with Gasteiger partial charge in [-0.05, 0) is 54.4 Å². The van der Waals surface area contributed by atoms with Crippen LogP contribution in [0.25, 0.3) is 0 Å². The molecule has 0 saturated carbocycles. The van der Waals surface area contributed by atoms with Crippen molar-refractivity contribution in [1.29, 1.82) is 0 Å². The van der Waals surface area contributed by atoms with Gasteiger partial charge in [-0.2, -0.15) is 0 Å². The standard InChI is InChI=1S/C21H20N4O4S/c26-21(17-4-1-5-18(14-17)25-12-3-13-30(25,27)28)24-20-19(6-2-9-23-20)29-15-16-7-10-22-11-8-16/h1-2,4-11,14H,3,12-13,15H2,(H,23,24,26). The van der Waals surface area contributed by atoms with Crippen molar-refractivity contribution in [2.45, 2.75) is 13.0 Å². The van der Waals surface area contributed by atoms with E-state index in [0.717, 1.165) is 5.56 Å². The first-order valence-electron chi connectivity index (χ1n) is 9.41. The van der Waals surface area contributed by atoms with Gasteiger partial charge in [0.2, 0.25) is 10.0 Å². The smallest absolute Gasteiger partial charge is 0.256 e. The Bertz CT molecular complexity index is 1150. The molecule has 3 aromatic rings. The second-order valence-electron chi connectivity index (χ2n) is 6.74. The predicted octanol–water partition coefficient (Wildman–Crippen LogP) is 2.85. The van der Waals surface area contributed by atoms with E-state index in [1.807, 2.05) is 12.1 Å². The summed E-state index contributed by atoms with van der Waals surface area (Å²) in [7, 11) is -3.32. The van der Waals surface area contributed by atoms with Crippen LogP contribution in [0.3, 0.4) is 0 Å². The molecule has 1 aliphatic rings. The Hall–Kier alpha value is -3.46. The SMILES string of the molecule is O=C(Nc1ncccc1OCc1ccncc1)c1cccc(N2CCCS2(=O)=O)c1. The minimum Gasteiger partial charge on any atom is -0.485 e. The molecule has 8 nitrogen and oxygen atoms in total. The summed E-state index contributed by atoms with van der Waals surface area (Å²) in [5.74, 6) is 0.438. The molecule has 30 heavy (non-hydrogen) atoms. The molecule has 1 saturated heterocycles. The fourth-order valence-electron chi connectivity index (χ4n) is 3.15. The van der Waals surface area contributed by atoms with Crippen LogP contribution in [-0.2, 0) is 16.6 Å². The summed E-state index contributed by atoms with van der Waals surface area (Å²) >= 11 is 0. The minimum atomic E-state index is -3.32. The van der Waals surface area contributed by atoms with Crippen LogP contribution in [-0.4, -0.2) is 36.6 Å². The molecule has 9 heteroatoms. The molecule has 1 fully saturated rings. The molecule has 154 valence electrons. The van der Waals surface area contributed by atoms with E-state index in [-0.39, 0.29) is 11.6 Å². The molecule has 1 aliphatic heterocycles. The molecule has 1 N–H and O–H groups in total. The number of anilines is 2. The Morgan fingerprint density at radius 3 is 2.70 bits per heavy atom. The van der Waals surface area contributed by atoms with Crippen LogP contribution in [0, 0.1) is 0 Å². The third-order valence-electron chi connectivity index (χ3n) is 4.64. The molecular formula is C21H20N4O4S. The van der Waals surface area contributed by atoms with Gasteiger partial charge in [-0.25, -0.2) is 13.4 Å². The molecule has 1 amide bonds. The number of pyridine rings is 2. The lowest BCUT2D eigenvalue weighted by atomic mass is 10.2. The lowest BCUT2D eigenvalue weighted by Gasteiger charge is -2.17. The molecule has 4 rings (SSSR count). The first-order chi connectivity index (χ1) is 14.5. The van der Waals surface area contributed by atoms with Gasteiger partial charge in [-0.15, -0.1) is 0 Å². The first-order valence-corrected chi connectivity index (χ1v) is 11.0. The lowest BCUT2D eigenvalue weighted by molar-refractivity contribution is 0.102. The van der Waals surface area contributed by atoms with Gasteiger partial charge in [0.1, 0.15) is 6.61 Å². The second kappa shape index (κ2) is 8.50. The lowest BCUT2D eigenvalue weighted by Crippen LogP contribution is -2.25. The summed E-state index contributed by atoms with van der Waals surface area (Å²) in [5.41, 5.74) is 1.75. The number of carbonyl (C=O) groups is 1. The van der Waals surface area contributed by atoms with E-state index < -0.39 is 15.9 Å². The van der Waals surface area contributed by atoms with Crippen LogP contribution in [0.15, 0.2) is 67.1 Å². The molecule has 0 radical (unpaired) electrons. The van der Waals surface area contributed by atoms with Gasteiger partial charge in [0, 0.05) is 30.7 Å². The van der Waals surface area contributed by atoms with Gasteiger partial charge in [0.05, 0.1) is 11.4 Å². The maximum atomic E-state index is 12.8. The van der Waals surface area contributed by atoms with Crippen molar-refractivity contribution in [3.05, 3.63) is 78.2 Å². The van der Waals surface area contributed by atoms with E-state index >= 15 is 0 Å². The molecule has 0 aliphatic carbocycles. The van der Waals surface area contributed by atoms with Crippen LogP contribution in [0.1, 0.15) is 22.3 Å². The number of ether oxygens (including phenoxy) is 1. The minimum absolute atomic E-state index is 0.121. The molecule has 3 heterocycles. The molecule has 0 spiro atoms. The van der Waals surface area contributed by atoms with Crippen molar-refractivity contribution in [2.75, 3.05) is 21.9 Å². The highest BCUT2D eigenvalue weighted by molar-refractivity contribution is 7.93. The molecule has 0 atom stereocenters. The number of aromatic nitrogens is 2. The van der Waals surface area contributed by atoms with Gasteiger partial charge in [-0.1, -0.05) is 6.07 Å². The first kappa shape index (κ1) is 19.8. The molecule has 1 aromatic carbocycles. The number of rotatable bonds is 6. The summed E-state index contributed by atoms with van der Waals surface area (Å²) in [6, 6.07) is 13.7. The Morgan fingerprint density at radius 2 is 1.93 bits per heavy atom. The van der Waals surface area contributed by atoms with Gasteiger partial charge >= 0.3 is 0 Å². The number of hydrogen-bond donors (Lipinski definition) is 1.